The standard InChI is InChI=1S/C25H26F3NO4/c1-3-16-15-20(11-7-17(16)8-12-23(30)31)32-14-13-21-22(4-2)33-24(29-21)18-5-9-19(10-6-18)25(26,27)28/h5-7,9-11,15H,3-4,8,12-14H2,1-2H3,(H,30,31). The minimum Gasteiger partial charge on any atom is -0.493 e. The molecule has 0 aliphatic heterocycles. The number of rotatable bonds is 10. The first kappa shape index (κ1) is 24.4. The highest BCUT2D eigenvalue weighted by molar-refractivity contribution is 5.67. The average Bonchev–Trinajstić information content (AvgIpc) is 3.20. The average molecular weight is 461 g/mol. The molecule has 5 nitrogen and oxygen atoms in total. The molecule has 1 heterocycles. The Morgan fingerprint density at radius 1 is 1.03 bits per heavy atom. The Balaban J connectivity index is 1.66. The van der Waals surface area contributed by atoms with E-state index in [2.05, 4.69) is 4.98 Å². The van der Waals surface area contributed by atoms with Gasteiger partial charge in [0.2, 0.25) is 5.89 Å². The lowest BCUT2D eigenvalue weighted by Gasteiger charge is -2.11. The van der Waals surface area contributed by atoms with Gasteiger partial charge in [-0.15, -0.1) is 0 Å². The number of aromatic nitrogens is 1. The molecule has 0 fully saturated rings. The van der Waals surface area contributed by atoms with Gasteiger partial charge < -0.3 is 14.3 Å². The fourth-order valence-electron chi connectivity index (χ4n) is 3.55. The molecule has 8 heteroatoms. The number of nitrogens with zero attached hydrogens (tertiary/aromatic N) is 1. The van der Waals surface area contributed by atoms with Crippen LogP contribution in [0.2, 0.25) is 0 Å². The van der Waals surface area contributed by atoms with Crippen molar-refractivity contribution in [3.05, 3.63) is 70.6 Å². The van der Waals surface area contributed by atoms with Crippen molar-refractivity contribution in [3.8, 4) is 17.2 Å². The molecule has 0 unspecified atom stereocenters. The second kappa shape index (κ2) is 10.6. The third-order valence-corrected chi connectivity index (χ3v) is 5.33. The molecule has 3 aromatic rings. The van der Waals surface area contributed by atoms with Gasteiger partial charge in [0, 0.05) is 24.8 Å². The molecule has 0 saturated heterocycles. The number of benzene rings is 2. The van der Waals surface area contributed by atoms with Crippen molar-refractivity contribution in [3.63, 3.8) is 0 Å². The van der Waals surface area contributed by atoms with Crippen LogP contribution in [0.15, 0.2) is 46.9 Å². The summed E-state index contributed by atoms with van der Waals surface area (Å²) >= 11 is 0. The van der Waals surface area contributed by atoms with E-state index in [4.69, 9.17) is 14.3 Å². The summed E-state index contributed by atoms with van der Waals surface area (Å²) in [5.41, 5.74) is 2.52. The monoisotopic (exact) mass is 461 g/mol. The van der Waals surface area contributed by atoms with Crippen LogP contribution in [0.1, 0.15) is 48.4 Å². The number of carbonyl (C=O) groups is 1. The Kier molecular flexibility index (Phi) is 7.79. The van der Waals surface area contributed by atoms with Crippen molar-refractivity contribution >= 4 is 5.97 Å². The molecule has 3 rings (SSSR count). The van der Waals surface area contributed by atoms with Gasteiger partial charge >= 0.3 is 12.1 Å². The van der Waals surface area contributed by atoms with Crippen LogP contribution in [-0.2, 0) is 36.7 Å². The summed E-state index contributed by atoms with van der Waals surface area (Å²) in [6, 6.07) is 10.4. The van der Waals surface area contributed by atoms with Gasteiger partial charge in [0.15, 0.2) is 0 Å². The SMILES string of the molecule is CCc1cc(OCCc2nc(-c3ccc(C(F)(F)F)cc3)oc2CC)ccc1CCC(=O)O. The molecule has 0 aliphatic carbocycles. The first-order chi connectivity index (χ1) is 15.7. The first-order valence-corrected chi connectivity index (χ1v) is 10.8. The van der Waals surface area contributed by atoms with E-state index in [0.717, 1.165) is 29.7 Å². The fraction of sp³-hybridized carbons (Fsp3) is 0.360. The van der Waals surface area contributed by atoms with E-state index in [1.165, 1.54) is 12.1 Å². The minimum atomic E-state index is -4.39. The van der Waals surface area contributed by atoms with Crippen LogP contribution in [0.25, 0.3) is 11.5 Å². The van der Waals surface area contributed by atoms with Gasteiger partial charge in [0.05, 0.1) is 17.9 Å². The van der Waals surface area contributed by atoms with Crippen LogP contribution in [0.3, 0.4) is 0 Å². The topological polar surface area (TPSA) is 72.6 Å². The number of carboxylic acids is 1. The normalized spacial score (nSPS) is 11.5. The van der Waals surface area contributed by atoms with Crippen LogP contribution < -0.4 is 4.74 Å². The molecule has 0 aliphatic rings. The number of aryl methyl sites for hydroxylation is 3. The first-order valence-electron chi connectivity index (χ1n) is 10.8. The second-order valence-electron chi connectivity index (χ2n) is 7.59. The van der Waals surface area contributed by atoms with Gasteiger partial charge in [-0.05, 0) is 60.4 Å². The van der Waals surface area contributed by atoms with E-state index in [-0.39, 0.29) is 12.3 Å². The Hall–Kier alpha value is -3.29. The zero-order valence-corrected chi connectivity index (χ0v) is 18.5. The second-order valence-corrected chi connectivity index (χ2v) is 7.59. The molecule has 33 heavy (non-hydrogen) atoms. The molecule has 1 aromatic heterocycles. The van der Waals surface area contributed by atoms with Crippen LogP contribution in [-0.4, -0.2) is 22.7 Å². The maximum absolute atomic E-state index is 12.8. The Labute approximate surface area is 190 Å². The lowest BCUT2D eigenvalue weighted by atomic mass is 10.0. The number of carboxylic acid groups (broad SMARTS) is 1. The third kappa shape index (κ3) is 6.37. The number of hydrogen-bond acceptors (Lipinski definition) is 4. The predicted molar refractivity (Wildman–Crippen MR) is 117 cm³/mol. The van der Waals surface area contributed by atoms with Crippen molar-refractivity contribution in [2.75, 3.05) is 6.61 Å². The van der Waals surface area contributed by atoms with Crippen LogP contribution >= 0.6 is 0 Å². The molecule has 0 atom stereocenters. The largest absolute Gasteiger partial charge is 0.493 e. The number of halogens is 3. The molecular formula is C25H26F3NO4. The number of aliphatic carboxylic acids is 1. The molecule has 0 radical (unpaired) electrons. The van der Waals surface area contributed by atoms with Crippen molar-refractivity contribution in [2.45, 2.75) is 52.1 Å². The van der Waals surface area contributed by atoms with Gasteiger partial charge in [0.25, 0.3) is 0 Å². The zero-order chi connectivity index (χ0) is 24.0. The smallest absolute Gasteiger partial charge is 0.416 e. The van der Waals surface area contributed by atoms with Crippen molar-refractivity contribution in [2.24, 2.45) is 0 Å². The maximum atomic E-state index is 12.8. The summed E-state index contributed by atoms with van der Waals surface area (Å²) in [4.78, 5) is 15.3. The summed E-state index contributed by atoms with van der Waals surface area (Å²) in [7, 11) is 0. The van der Waals surface area contributed by atoms with Crippen molar-refractivity contribution < 1.29 is 32.2 Å². The van der Waals surface area contributed by atoms with Gasteiger partial charge in [-0.25, -0.2) is 4.98 Å². The Morgan fingerprint density at radius 3 is 2.36 bits per heavy atom. The number of alkyl halides is 3. The highest BCUT2D eigenvalue weighted by Crippen LogP contribution is 2.31. The molecule has 0 spiro atoms. The highest BCUT2D eigenvalue weighted by atomic mass is 19.4. The van der Waals surface area contributed by atoms with E-state index in [0.29, 0.717) is 48.6 Å². The fourth-order valence-corrected chi connectivity index (χ4v) is 3.55. The summed E-state index contributed by atoms with van der Waals surface area (Å²) in [6.07, 6.45) is -1.98. The molecule has 0 saturated carbocycles. The van der Waals surface area contributed by atoms with Crippen molar-refractivity contribution in [1.29, 1.82) is 0 Å². The molecule has 0 bridgehead atoms. The summed E-state index contributed by atoms with van der Waals surface area (Å²) in [6.45, 7) is 4.28. The summed E-state index contributed by atoms with van der Waals surface area (Å²) < 4.78 is 50.0. The lowest BCUT2D eigenvalue weighted by molar-refractivity contribution is -0.138. The lowest BCUT2D eigenvalue weighted by Crippen LogP contribution is -2.05. The van der Waals surface area contributed by atoms with Gasteiger partial charge in [-0.3, -0.25) is 4.79 Å². The minimum absolute atomic E-state index is 0.0838. The van der Waals surface area contributed by atoms with Crippen LogP contribution in [0.5, 0.6) is 5.75 Å². The number of oxazole rings is 1. The molecule has 176 valence electrons. The van der Waals surface area contributed by atoms with E-state index in [1.807, 2.05) is 32.0 Å². The molecule has 1 N–H and O–H groups in total. The van der Waals surface area contributed by atoms with Gasteiger partial charge in [0.1, 0.15) is 11.5 Å². The Morgan fingerprint density at radius 2 is 1.76 bits per heavy atom. The summed E-state index contributed by atoms with van der Waals surface area (Å²) in [5, 5.41) is 8.90. The number of hydrogen-bond donors (Lipinski definition) is 1. The van der Waals surface area contributed by atoms with E-state index < -0.39 is 17.7 Å². The molecular weight excluding hydrogens is 435 g/mol. The predicted octanol–water partition coefficient (Wildman–Crippen LogP) is 6.12. The highest BCUT2D eigenvalue weighted by Gasteiger charge is 2.30. The molecule has 2 aromatic carbocycles. The van der Waals surface area contributed by atoms with Gasteiger partial charge in [-0.2, -0.15) is 13.2 Å². The Bertz CT molecular complexity index is 1090. The van der Waals surface area contributed by atoms with Gasteiger partial charge in [-0.1, -0.05) is 19.9 Å². The number of ether oxygens (including phenoxy) is 1. The van der Waals surface area contributed by atoms with Crippen LogP contribution in [0.4, 0.5) is 13.2 Å². The molecule has 0 amide bonds. The van der Waals surface area contributed by atoms with Crippen LogP contribution in [0, 0.1) is 0 Å². The summed E-state index contributed by atoms with van der Waals surface area (Å²) in [5.74, 6) is 0.821. The van der Waals surface area contributed by atoms with Crippen molar-refractivity contribution in [1.82, 2.24) is 4.98 Å². The quantitative estimate of drug-likeness (QED) is 0.394. The van der Waals surface area contributed by atoms with E-state index in [9.17, 15) is 18.0 Å². The van der Waals surface area contributed by atoms with E-state index >= 15 is 0 Å². The maximum Gasteiger partial charge on any atom is 0.416 e. The zero-order valence-electron chi connectivity index (χ0n) is 18.5. The third-order valence-electron chi connectivity index (χ3n) is 5.33. The van der Waals surface area contributed by atoms with E-state index in [1.54, 1.807) is 0 Å².